The molecule has 0 amide bonds. The Hall–Kier alpha value is -1.64. The highest BCUT2D eigenvalue weighted by atomic mass is 16.5. The van der Waals surface area contributed by atoms with Crippen LogP contribution in [0.2, 0.25) is 0 Å². The molecule has 1 N–H and O–H groups in total. The quantitative estimate of drug-likeness (QED) is 0.806. The predicted octanol–water partition coefficient (Wildman–Crippen LogP) is 3.64. The van der Waals surface area contributed by atoms with Crippen molar-refractivity contribution in [3.8, 4) is 0 Å². The van der Waals surface area contributed by atoms with Gasteiger partial charge in [-0.25, -0.2) is 0 Å². The monoisotopic (exact) mass is 227 g/mol. The summed E-state index contributed by atoms with van der Waals surface area (Å²) in [6.07, 6.45) is 0. The van der Waals surface area contributed by atoms with Gasteiger partial charge in [0.25, 0.3) is 0 Å². The van der Waals surface area contributed by atoms with E-state index in [4.69, 9.17) is 0 Å². The maximum absolute atomic E-state index is 10.1. The van der Waals surface area contributed by atoms with Gasteiger partial charge in [0.15, 0.2) is 0 Å². The molecule has 0 aliphatic heterocycles. The highest BCUT2D eigenvalue weighted by Gasteiger charge is 2.13. The molecule has 0 aromatic heterocycles. The van der Waals surface area contributed by atoms with E-state index in [1.165, 1.54) is 5.06 Å². The Balaban J connectivity index is 2.03. The van der Waals surface area contributed by atoms with Gasteiger partial charge in [-0.1, -0.05) is 60.7 Å². The van der Waals surface area contributed by atoms with Crippen LogP contribution in [-0.4, -0.2) is 10.3 Å². The normalized spacial score (nSPS) is 12.6. The van der Waals surface area contributed by atoms with Crippen molar-refractivity contribution < 1.29 is 5.21 Å². The molecule has 0 spiro atoms. The smallest absolute Gasteiger partial charge is 0.0575 e. The Labute approximate surface area is 102 Å². The van der Waals surface area contributed by atoms with E-state index in [0.29, 0.717) is 6.54 Å². The summed E-state index contributed by atoms with van der Waals surface area (Å²) in [5.41, 5.74) is 2.23. The van der Waals surface area contributed by atoms with E-state index < -0.39 is 0 Å². The third kappa shape index (κ3) is 3.16. The molecule has 2 nitrogen and oxygen atoms in total. The average molecular weight is 227 g/mol. The molecular formula is C15H17NO. The minimum atomic E-state index is -0.00333. The molecular weight excluding hydrogens is 210 g/mol. The molecule has 2 rings (SSSR count). The average Bonchev–Trinajstić information content (AvgIpc) is 2.40. The second-order valence-electron chi connectivity index (χ2n) is 4.17. The van der Waals surface area contributed by atoms with E-state index in [0.717, 1.165) is 11.1 Å². The van der Waals surface area contributed by atoms with Crippen LogP contribution in [0.15, 0.2) is 60.7 Å². The Morgan fingerprint density at radius 3 is 2.06 bits per heavy atom. The van der Waals surface area contributed by atoms with Gasteiger partial charge in [-0.3, -0.25) is 0 Å². The van der Waals surface area contributed by atoms with Crippen molar-refractivity contribution in [1.29, 1.82) is 0 Å². The lowest BCUT2D eigenvalue weighted by Crippen LogP contribution is -2.22. The highest BCUT2D eigenvalue weighted by molar-refractivity contribution is 5.19. The third-order valence-electron chi connectivity index (χ3n) is 2.92. The fourth-order valence-electron chi connectivity index (χ4n) is 1.81. The van der Waals surface area contributed by atoms with Crippen LogP contribution < -0.4 is 0 Å². The van der Waals surface area contributed by atoms with Gasteiger partial charge in [-0.2, -0.15) is 5.06 Å². The Morgan fingerprint density at radius 2 is 1.47 bits per heavy atom. The molecule has 0 saturated carbocycles. The van der Waals surface area contributed by atoms with Gasteiger partial charge in [0, 0.05) is 6.54 Å². The van der Waals surface area contributed by atoms with E-state index in [1.54, 1.807) is 0 Å². The molecule has 2 aromatic rings. The zero-order chi connectivity index (χ0) is 12.1. The largest absolute Gasteiger partial charge is 0.313 e. The SMILES string of the molecule is CC(c1ccccc1)N(O)Cc1ccccc1. The van der Waals surface area contributed by atoms with E-state index >= 15 is 0 Å². The van der Waals surface area contributed by atoms with Crippen molar-refractivity contribution in [3.63, 3.8) is 0 Å². The van der Waals surface area contributed by atoms with Gasteiger partial charge < -0.3 is 5.21 Å². The lowest BCUT2D eigenvalue weighted by atomic mass is 10.1. The highest BCUT2D eigenvalue weighted by Crippen LogP contribution is 2.19. The van der Waals surface area contributed by atoms with E-state index in [9.17, 15) is 5.21 Å². The van der Waals surface area contributed by atoms with Crippen LogP contribution in [0.4, 0.5) is 0 Å². The van der Waals surface area contributed by atoms with Crippen molar-refractivity contribution >= 4 is 0 Å². The molecule has 0 radical (unpaired) electrons. The summed E-state index contributed by atoms with van der Waals surface area (Å²) in [4.78, 5) is 0. The Morgan fingerprint density at radius 1 is 0.941 bits per heavy atom. The van der Waals surface area contributed by atoms with Gasteiger partial charge in [0.1, 0.15) is 0 Å². The first-order chi connectivity index (χ1) is 8.27. The summed E-state index contributed by atoms with van der Waals surface area (Å²) < 4.78 is 0. The summed E-state index contributed by atoms with van der Waals surface area (Å²) >= 11 is 0. The molecule has 88 valence electrons. The van der Waals surface area contributed by atoms with Crippen molar-refractivity contribution in [2.45, 2.75) is 19.5 Å². The van der Waals surface area contributed by atoms with Crippen LogP contribution in [0, 0.1) is 0 Å². The number of hydroxylamine groups is 2. The van der Waals surface area contributed by atoms with Crippen molar-refractivity contribution in [2.75, 3.05) is 0 Å². The summed E-state index contributed by atoms with van der Waals surface area (Å²) in [7, 11) is 0. The van der Waals surface area contributed by atoms with Crippen molar-refractivity contribution in [2.24, 2.45) is 0 Å². The van der Waals surface area contributed by atoms with Gasteiger partial charge in [0.05, 0.1) is 6.04 Å². The summed E-state index contributed by atoms with van der Waals surface area (Å²) in [5.74, 6) is 0. The van der Waals surface area contributed by atoms with Gasteiger partial charge in [0.2, 0.25) is 0 Å². The fourth-order valence-corrected chi connectivity index (χ4v) is 1.81. The van der Waals surface area contributed by atoms with E-state index in [2.05, 4.69) is 0 Å². The molecule has 2 aromatic carbocycles. The molecule has 2 heteroatoms. The minimum absolute atomic E-state index is 0.00333. The molecule has 0 aliphatic carbocycles. The van der Waals surface area contributed by atoms with Crippen molar-refractivity contribution in [1.82, 2.24) is 5.06 Å². The number of rotatable bonds is 4. The zero-order valence-electron chi connectivity index (χ0n) is 9.95. The van der Waals surface area contributed by atoms with Gasteiger partial charge in [-0.05, 0) is 18.1 Å². The zero-order valence-corrected chi connectivity index (χ0v) is 9.95. The molecule has 17 heavy (non-hydrogen) atoms. The standard InChI is InChI=1S/C15H17NO/c1-13(15-10-6-3-7-11-15)16(17)12-14-8-4-2-5-9-14/h2-11,13,17H,12H2,1H3. The molecule has 0 saturated heterocycles. The molecule has 0 aliphatic rings. The van der Waals surface area contributed by atoms with Crippen LogP contribution >= 0.6 is 0 Å². The fraction of sp³-hybridized carbons (Fsp3) is 0.200. The van der Waals surface area contributed by atoms with Crippen molar-refractivity contribution in [3.05, 3.63) is 71.8 Å². The number of nitrogens with zero attached hydrogens (tertiary/aromatic N) is 1. The Kier molecular flexibility index (Phi) is 3.91. The molecule has 1 atom stereocenters. The molecule has 0 fully saturated rings. The summed E-state index contributed by atoms with van der Waals surface area (Å²) in [6.45, 7) is 2.54. The number of hydrogen-bond acceptors (Lipinski definition) is 2. The van der Waals surface area contributed by atoms with Crippen LogP contribution in [-0.2, 0) is 6.54 Å². The first-order valence-electron chi connectivity index (χ1n) is 5.82. The van der Waals surface area contributed by atoms with Gasteiger partial charge >= 0.3 is 0 Å². The third-order valence-corrected chi connectivity index (χ3v) is 2.92. The van der Waals surface area contributed by atoms with Crippen LogP contribution in [0.25, 0.3) is 0 Å². The maximum Gasteiger partial charge on any atom is 0.0575 e. The first-order valence-corrected chi connectivity index (χ1v) is 5.82. The summed E-state index contributed by atoms with van der Waals surface area (Å²) in [5, 5.41) is 11.4. The first kappa shape index (κ1) is 11.8. The van der Waals surface area contributed by atoms with E-state index in [-0.39, 0.29) is 6.04 Å². The van der Waals surface area contributed by atoms with Gasteiger partial charge in [-0.15, -0.1) is 0 Å². The predicted molar refractivity (Wildman–Crippen MR) is 68.6 cm³/mol. The number of benzene rings is 2. The Bertz CT molecular complexity index is 441. The number of hydrogen-bond donors (Lipinski definition) is 1. The second kappa shape index (κ2) is 5.62. The molecule has 1 unspecified atom stereocenters. The minimum Gasteiger partial charge on any atom is -0.313 e. The topological polar surface area (TPSA) is 23.5 Å². The lowest BCUT2D eigenvalue weighted by molar-refractivity contribution is -0.132. The van der Waals surface area contributed by atoms with Crippen LogP contribution in [0.3, 0.4) is 0 Å². The van der Waals surface area contributed by atoms with Crippen LogP contribution in [0.5, 0.6) is 0 Å². The van der Waals surface area contributed by atoms with Crippen LogP contribution in [0.1, 0.15) is 24.1 Å². The maximum atomic E-state index is 10.1. The molecule has 0 heterocycles. The lowest BCUT2D eigenvalue weighted by Gasteiger charge is -2.22. The summed E-state index contributed by atoms with van der Waals surface area (Å²) in [6, 6.07) is 20.0. The second-order valence-corrected chi connectivity index (χ2v) is 4.17. The molecule has 0 bridgehead atoms. The van der Waals surface area contributed by atoms with E-state index in [1.807, 2.05) is 67.6 Å².